The lowest BCUT2D eigenvalue weighted by atomic mass is 10.0. The Morgan fingerprint density at radius 2 is 1.88 bits per heavy atom. The van der Waals surface area contributed by atoms with Crippen LogP contribution in [0, 0.1) is 5.92 Å². The van der Waals surface area contributed by atoms with Gasteiger partial charge < -0.3 is 10.0 Å². The number of hydrogen-bond acceptors (Lipinski definition) is 2. The van der Waals surface area contributed by atoms with Crippen molar-refractivity contribution in [2.75, 3.05) is 26.2 Å². The third-order valence-electron chi connectivity index (χ3n) is 2.95. The Labute approximate surface area is 105 Å². The lowest BCUT2D eigenvalue weighted by Gasteiger charge is -2.24. The van der Waals surface area contributed by atoms with Gasteiger partial charge in [0.25, 0.3) is 0 Å². The molecule has 0 aliphatic carbocycles. The van der Waals surface area contributed by atoms with E-state index in [2.05, 4.69) is 49.1 Å². The maximum atomic E-state index is 9.02. The molecule has 2 heteroatoms. The summed E-state index contributed by atoms with van der Waals surface area (Å²) in [5.41, 5.74) is 1.40. The highest BCUT2D eigenvalue weighted by Crippen LogP contribution is 2.10. The molecule has 0 saturated heterocycles. The topological polar surface area (TPSA) is 23.5 Å². The molecule has 0 aliphatic heterocycles. The Hall–Kier alpha value is -0.860. The van der Waals surface area contributed by atoms with Crippen molar-refractivity contribution in [3.05, 3.63) is 35.9 Å². The minimum absolute atomic E-state index is 0.262. The molecule has 0 saturated carbocycles. The maximum Gasteiger partial charge on any atom is 0.0558 e. The summed E-state index contributed by atoms with van der Waals surface area (Å²) in [5.74, 6) is 0.635. The molecule has 0 amide bonds. The normalized spacial score (nSPS) is 12.9. The van der Waals surface area contributed by atoms with Crippen LogP contribution in [0.2, 0.25) is 0 Å². The maximum absolute atomic E-state index is 9.02. The molecule has 0 spiro atoms. The molecule has 2 nitrogen and oxygen atoms in total. The minimum atomic E-state index is 0.262. The monoisotopic (exact) mass is 235 g/mol. The van der Waals surface area contributed by atoms with Gasteiger partial charge in [-0.05, 0) is 30.9 Å². The second kappa shape index (κ2) is 8.26. The Kier molecular flexibility index (Phi) is 6.90. The van der Waals surface area contributed by atoms with Gasteiger partial charge in [0.2, 0.25) is 0 Å². The van der Waals surface area contributed by atoms with Crippen LogP contribution in [0.25, 0.3) is 0 Å². The predicted molar refractivity (Wildman–Crippen MR) is 73.1 cm³/mol. The third kappa shape index (κ3) is 5.85. The van der Waals surface area contributed by atoms with Crippen molar-refractivity contribution in [2.24, 2.45) is 5.92 Å². The molecular weight excluding hydrogens is 210 g/mol. The Morgan fingerprint density at radius 3 is 2.47 bits per heavy atom. The fourth-order valence-corrected chi connectivity index (χ4v) is 2.27. The highest BCUT2D eigenvalue weighted by molar-refractivity contribution is 5.15. The number of nitrogens with zero attached hydrogens (tertiary/aromatic N) is 1. The molecule has 1 N–H and O–H groups in total. The summed E-state index contributed by atoms with van der Waals surface area (Å²) in [4.78, 5) is 2.35. The lowest BCUT2D eigenvalue weighted by Crippen LogP contribution is -2.32. The first-order chi connectivity index (χ1) is 8.26. The molecule has 0 fully saturated rings. The molecule has 1 aromatic carbocycles. The molecule has 1 aromatic rings. The van der Waals surface area contributed by atoms with Crippen LogP contribution in [0.4, 0.5) is 0 Å². The standard InChI is InChI=1S/C15H25NO/c1-3-9-16(10-11-17)13-14(2)12-15-7-5-4-6-8-15/h4-8,14,17H,3,9-13H2,1-2H3. The number of benzene rings is 1. The molecule has 96 valence electrons. The van der Waals surface area contributed by atoms with Crippen LogP contribution >= 0.6 is 0 Å². The second-order valence-corrected chi connectivity index (χ2v) is 4.82. The van der Waals surface area contributed by atoms with Crippen LogP contribution in [0.5, 0.6) is 0 Å². The van der Waals surface area contributed by atoms with Crippen LogP contribution in [0.1, 0.15) is 25.8 Å². The zero-order chi connectivity index (χ0) is 12.5. The first-order valence-corrected chi connectivity index (χ1v) is 6.63. The first-order valence-electron chi connectivity index (χ1n) is 6.63. The van der Waals surface area contributed by atoms with Gasteiger partial charge in [-0.2, -0.15) is 0 Å². The number of aliphatic hydroxyl groups excluding tert-OH is 1. The van der Waals surface area contributed by atoms with E-state index in [-0.39, 0.29) is 6.61 Å². The van der Waals surface area contributed by atoms with E-state index < -0.39 is 0 Å². The van der Waals surface area contributed by atoms with Gasteiger partial charge in [0.1, 0.15) is 0 Å². The molecular formula is C15H25NO. The van der Waals surface area contributed by atoms with Crippen molar-refractivity contribution < 1.29 is 5.11 Å². The van der Waals surface area contributed by atoms with Crippen molar-refractivity contribution in [3.8, 4) is 0 Å². The molecule has 1 rings (SSSR count). The van der Waals surface area contributed by atoms with Crippen LogP contribution in [0.15, 0.2) is 30.3 Å². The first kappa shape index (κ1) is 14.2. The average Bonchev–Trinajstić information content (AvgIpc) is 2.30. The van der Waals surface area contributed by atoms with Crippen molar-refractivity contribution in [1.82, 2.24) is 4.90 Å². The highest BCUT2D eigenvalue weighted by atomic mass is 16.3. The summed E-state index contributed by atoms with van der Waals surface area (Å²) in [7, 11) is 0. The predicted octanol–water partition coefficient (Wildman–Crippen LogP) is 2.57. The molecule has 17 heavy (non-hydrogen) atoms. The van der Waals surface area contributed by atoms with Gasteiger partial charge in [0.15, 0.2) is 0 Å². The minimum Gasteiger partial charge on any atom is -0.395 e. The lowest BCUT2D eigenvalue weighted by molar-refractivity contribution is 0.178. The van der Waals surface area contributed by atoms with Gasteiger partial charge in [-0.25, -0.2) is 0 Å². The third-order valence-corrected chi connectivity index (χ3v) is 2.95. The zero-order valence-electron chi connectivity index (χ0n) is 11.1. The van der Waals surface area contributed by atoms with Crippen LogP contribution < -0.4 is 0 Å². The molecule has 1 atom stereocenters. The Morgan fingerprint density at radius 1 is 1.18 bits per heavy atom. The molecule has 0 heterocycles. The van der Waals surface area contributed by atoms with E-state index in [9.17, 15) is 0 Å². The fourth-order valence-electron chi connectivity index (χ4n) is 2.27. The summed E-state index contributed by atoms with van der Waals surface area (Å²) in [6.45, 7) is 7.69. The summed E-state index contributed by atoms with van der Waals surface area (Å²) in [5, 5.41) is 9.02. The van der Waals surface area contributed by atoms with E-state index in [1.807, 2.05) is 0 Å². The molecule has 0 bridgehead atoms. The average molecular weight is 235 g/mol. The fraction of sp³-hybridized carbons (Fsp3) is 0.600. The van der Waals surface area contributed by atoms with Crippen LogP contribution in [-0.2, 0) is 6.42 Å². The summed E-state index contributed by atoms with van der Waals surface area (Å²) in [6, 6.07) is 10.6. The van der Waals surface area contributed by atoms with Crippen molar-refractivity contribution in [1.29, 1.82) is 0 Å². The SMILES string of the molecule is CCCN(CCO)CC(C)Cc1ccccc1. The number of hydrogen-bond donors (Lipinski definition) is 1. The zero-order valence-corrected chi connectivity index (χ0v) is 11.1. The van der Waals surface area contributed by atoms with Gasteiger partial charge in [0.05, 0.1) is 6.61 Å². The molecule has 1 unspecified atom stereocenters. The van der Waals surface area contributed by atoms with Crippen LogP contribution in [0.3, 0.4) is 0 Å². The van der Waals surface area contributed by atoms with Gasteiger partial charge in [-0.15, -0.1) is 0 Å². The summed E-state index contributed by atoms with van der Waals surface area (Å²) < 4.78 is 0. The smallest absolute Gasteiger partial charge is 0.0558 e. The van der Waals surface area contributed by atoms with E-state index in [1.54, 1.807) is 0 Å². The van der Waals surface area contributed by atoms with E-state index in [0.717, 1.165) is 32.5 Å². The highest BCUT2D eigenvalue weighted by Gasteiger charge is 2.09. The van der Waals surface area contributed by atoms with Gasteiger partial charge in [-0.1, -0.05) is 44.2 Å². The quantitative estimate of drug-likeness (QED) is 0.748. The number of aliphatic hydroxyl groups is 1. The molecule has 0 radical (unpaired) electrons. The van der Waals surface area contributed by atoms with Crippen molar-refractivity contribution >= 4 is 0 Å². The van der Waals surface area contributed by atoms with E-state index in [1.165, 1.54) is 5.56 Å². The Bertz CT molecular complexity index is 280. The van der Waals surface area contributed by atoms with Gasteiger partial charge in [0, 0.05) is 13.1 Å². The summed E-state index contributed by atoms with van der Waals surface area (Å²) in [6.07, 6.45) is 2.27. The van der Waals surface area contributed by atoms with Crippen LogP contribution in [-0.4, -0.2) is 36.2 Å². The summed E-state index contributed by atoms with van der Waals surface area (Å²) >= 11 is 0. The van der Waals surface area contributed by atoms with Crippen molar-refractivity contribution in [3.63, 3.8) is 0 Å². The Balaban J connectivity index is 2.38. The number of rotatable bonds is 8. The van der Waals surface area contributed by atoms with Gasteiger partial charge >= 0.3 is 0 Å². The van der Waals surface area contributed by atoms with E-state index >= 15 is 0 Å². The molecule has 0 aliphatic rings. The van der Waals surface area contributed by atoms with E-state index in [0.29, 0.717) is 5.92 Å². The largest absolute Gasteiger partial charge is 0.395 e. The second-order valence-electron chi connectivity index (χ2n) is 4.82. The molecule has 0 aromatic heterocycles. The van der Waals surface area contributed by atoms with Gasteiger partial charge in [-0.3, -0.25) is 0 Å². The van der Waals surface area contributed by atoms with E-state index in [4.69, 9.17) is 5.11 Å². The van der Waals surface area contributed by atoms with Crippen molar-refractivity contribution in [2.45, 2.75) is 26.7 Å².